The monoisotopic (exact) mass is 290 g/mol. The van der Waals surface area contributed by atoms with Crippen molar-refractivity contribution >= 4 is 0 Å². The molecule has 1 N–H and O–H groups in total. The van der Waals surface area contributed by atoms with Gasteiger partial charge in [0.2, 0.25) is 0 Å². The van der Waals surface area contributed by atoms with Crippen LogP contribution in [-0.4, -0.2) is 43.8 Å². The molecule has 0 spiro atoms. The van der Waals surface area contributed by atoms with Gasteiger partial charge in [-0.15, -0.1) is 0 Å². The molecule has 21 heavy (non-hydrogen) atoms. The highest BCUT2D eigenvalue weighted by Gasteiger charge is 2.24. The summed E-state index contributed by atoms with van der Waals surface area (Å²) in [6.45, 7) is 9.04. The maximum atomic E-state index is 5.72. The first-order chi connectivity index (χ1) is 10.3. The second-order valence-corrected chi connectivity index (χ2v) is 6.00. The van der Waals surface area contributed by atoms with Crippen LogP contribution in [0.25, 0.3) is 0 Å². The van der Waals surface area contributed by atoms with Crippen molar-refractivity contribution in [2.45, 2.75) is 38.8 Å². The zero-order chi connectivity index (χ0) is 14.7. The molecule has 0 aliphatic carbocycles. The SMILES string of the molecule is CCNC(CN1CCCC1C)c1ccc2c(c1)OCCO2. The molecule has 2 heterocycles. The quantitative estimate of drug-likeness (QED) is 0.904. The molecular weight excluding hydrogens is 264 g/mol. The maximum Gasteiger partial charge on any atom is 0.161 e. The molecule has 2 unspecified atom stereocenters. The predicted octanol–water partition coefficient (Wildman–Crippen LogP) is 2.59. The van der Waals surface area contributed by atoms with Crippen molar-refractivity contribution in [3.8, 4) is 11.5 Å². The number of fused-ring (bicyclic) bond motifs is 1. The molecule has 0 amide bonds. The Bertz CT molecular complexity index is 478. The Hall–Kier alpha value is -1.26. The van der Waals surface area contributed by atoms with Crippen molar-refractivity contribution in [3.63, 3.8) is 0 Å². The van der Waals surface area contributed by atoms with Crippen LogP contribution in [0.1, 0.15) is 38.3 Å². The predicted molar refractivity (Wildman–Crippen MR) is 84.1 cm³/mol. The lowest BCUT2D eigenvalue weighted by atomic mass is 10.0. The zero-order valence-corrected chi connectivity index (χ0v) is 13.1. The third kappa shape index (κ3) is 3.33. The molecule has 0 bridgehead atoms. The van der Waals surface area contributed by atoms with Gasteiger partial charge >= 0.3 is 0 Å². The van der Waals surface area contributed by atoms with E-state index in [1.54, 1.807) is 0 Å². The van der Waals surface area contributed by atoms with E-state index in [9.17, 15) is 0 Å². The van der Waals surface area contributed by atoms with Crippen LogP contribution in [0, 0.1) is 0 Å². The van der Waals surface area contributed by atoms with E-state index in [1.807, 2.05) is 6.07 Å². The molecule has 116 valence electrons. The van der Waals surface area contributed by atoms with Gasteiger partial charge in [0.25, 0.3) is 0 Å². The molecule has 0 aromatic heterocycles. The number of nitrogens with zero attached hydrogens (tertiary/aromatic N) is 1. The minimum absolute atomic E-state index is 0.353. The minimum Gasteiger partial charge on any atom is -0.486 e. The van der Waals surface area contributed by atoms with Gasteiger partial charge < -0.3 is 14.8 Å². The fourth-order valence-corrected chi connectivity index (χ4v) is 3.31. The summed E-state index contributed by atoms with van der Waals surface area (Å²) < 4.78 is 11.3. The third-order valence-corrected chi connectivity index (χ3v) is 4.53. The molecule has 4 heteroatoms. The molecule has 1 saturated heterocycles. The maximum absolute atomic E-state index is 5.72. The Morgan fingerprint density at radius 1 is 1.29 bits per heavy atom. The highest BCUT2D eigenvalue weighted by Crippen LogP contribution is 2.33. The van der Waals surface area contributed by atoms with E-state index in [0.29, 0.717) is 25.3 Å². The van der Waals surface area contributed by atoms with Crippen molar-refractivity contribution in [3.05, 3.63) is 23.8 Å². The average molecular weight is 290 g/mol. The fourth-order valence-electron chi connectivity index (χ4n) is 3.31. The summed E-state index contributed by atoms with van der Waals surface area (Å²) in [6.07, 6.45) is 2.64. The van der Waals surface area contributed by atoms with E-state index >= 15 is 0 Å². The molecule has 3 rings (SSSR count). The van der Waals surface area contributed by atoms with E-state index < -0.39 is 0 Å². The van der Waals surface area contributed by atoms with E-state index in [2.05, 4.69) is 36.2 Å². The standard InChI is InChI=1S/C17H26N2O2/c1-3-18-15(12-19-8-4-5-13(19)2)14-6-7-16-17(11-14)21-10-9-20-16/h6-7,11,13,15,18H,3-5,8-10,12H2,1-2H3. The number of likely N-dealkylation sites (tertiary alicyclic amines) is 1. The highest BCUT2D eigenvalue weighted by molar-refractivity contribution is 5.44. The fraction of sp³-hybridized carbons (Fsp3) is 0.647. The Morgan fingerprint density at radius 3 is 2.81 bits per heavy atom. The van der Waals surface area contributed by atoms with E-state index in [0.717, 1.165) is 24.6 Å². The van der Waals surface area contributed by atoms with Crippen LogP contribution in [0.5, 0.6) is 11.5 Å². The number of hydrogen-bond acceptors (Lipinski definition) is 4. The molecule has 2 atom stereocenters. The van der Waals surface area contributed by atoms with Crippen LogP contribution < -0.4 is 14.8 Å². The molecule has 0 radical (unpaired) electrons. The molecular formula is C17H26N2O2. The molecule has 2 aliphatic heterocycles. The second kappa shape index (κ2) is 6.67. The smallest absolute Gasteiger partial charge is 0.161 e. The number of benzene rings is 1. The summed E-state index contributed by atoms with van der Waals surface area (Å²) in [7, 11) is 0. The van der Waals surface area contributed by atoms with E-state index in [-0.39, 0.29) is 0 Å². The summed E-state index contributed by atoms with van der Waals surface area (Å²) in [6, 6.07) is 7.40. The lowest BCUT2D eigenvalue weighted by Crippen LogP contribution is -2.37. The number of likely N-dealkylation sites (N-methyl/N-ethyl adjacent to an activating group) is 1. The van der Waals surface area contributed by atoms with Crippen LogP contribution in [0.2, 0.25) is 0 Å². The normalized spacial score (nSPS) is 23.2. The van der Waals surface area contributed by atoms with E-state index in [4.69, 9.17) is 9.47 Å². The first-order valence-electron chi connectivity index (χ1n) is 8.15. The number of ether oxygens (including phenoxy) is 2. The van der Waals surface area contributed by atoms with Gasteiger partial charge in [-0.25, -0.2) is 0 Å². The molecule has 1 aromatic carbocycles. The number of nitrogens with one attached hydrogen (secondary N) is 1. The molecule has 1 aromatic rings. The van der Waals surface area contributed by atoms with Gasteiger partial charge in [0.15, 0.2) is 11.5 Å². The summed E-state index contributed by atoms with van der Waals surface area (Å²) in [5.41, 5.74) is 1.29. The van der Waals surface area contributed by atoms with Gasteiger partial charge in [0, 0.05) is 18.6 Å². The molecule has 4 nitrogen and oxygen atoms in total. The topological polar surface area (TPSA) is 33.7 Å². The van der Waals surface area contributed by atoms with Crippen molar-refractivity contribution in [1.29, 1.82) is 0 Å². The summed E-state index contributed by atoms with van der Waals surface area (Å²) in [5.74, 6) is 1.76. The average Bonchev–Trinajstić information content (AvgIpc) is 2.91. The Labute approximate surface area is 127 Å². The summed E-state index contributed by atoms with van der Waals surface area (Å²) in [5, 5.41) is 3.62. The Morgan fingerprint density at radius 2 is 2.10 bits per heavy atom. The van der Waals surface area contributed by atoms with Crippen molar-refractivity contribution in [2.24, 2.45) is 0 Å². The van der Waals surface area contributed by atoms with Gasteiger partial charge in [-0.2, -0.15) is 0 Å². The number of rotatable bonds is 5. The third-order valence-electron chi connectivity index (χ3n) is 4.53. The van der Waals surface area contributed by atoms with E-state index in [1.165, 1.54) is 24.9 Å². The van der Waals surface area contributed by atoms with Gasteiger partial charge in [-0.3, -0.25) is 4.90 Å². The van der Waals surface area contributed by atoms with Gasteiger partial charge in [0.05, 0.1) is 0 Å². The summed E-state index contributed by atoms with van der Waals surface area (Å²) >= 11 is 0. The largest absolute Gasteiger partial charge is 0.486 e. The summed E-state index contributed by atoms with van der Waals surface area (Å²) in [4.78, 5) is 2.59. The second-order valence-electron chi connectivity index (χ2n) is 6.00. The lowest BCUT2D eigenvalue weighted by molar-refractivity contribution is 0.171. The van der Waals surface area contributed by atoms with Crippen LogP contribution in [0.15, 0.2) is 18.2 Å². The van der Waals surface area contributed by atoms with Crippen LogP contribution in [0.3, 0.4) is 0 Å². The van der Waals surface area contributed by atoms with Crippen LogP contribution in [-0.2, 0) is 0 Å². The lowest BCUT2D eigenvalue weighted by Gasteiger charge is -2.28. The van der Waals surface area contributed by atoms with Gasteiger partial charge in [0.1, 0.15) is 13.2 Å². The zero-order valence-electron chi connectivity index (χ0n) is 13.1. The first kappa shape index (κ1) is 14.7. The Balaban J connectivity index is 1.76. The number of hydrogen-bond donors (Lipinski definition) is 1. The van der Waals surface area contributed by atoms with Crippen LogP contribution >= 0.6 is 0 Å². The Kier molecular flexibility index (Phi) is 4.66. The highest BCUT2D eigenvalue weighted by atomic mass is 16.6. The van der Waals surface area contributed by atoms with Gasteiger partial charge in [-0.05, 0) is 50.6 Å². The first-order valence-corrected chi connectivity index (χ1v) is 8.15. The molecule has 0 saturated carbocycles. The molecule has 1 fully saturated rings. The molecule has 2 aliphatic rings. The van der Waals surface area contributed by atoms with Crippen molar-refractivity contribution < 1.29 is 9.47 Å². The van der Waals surface area contributed by atoms with Gasteiger partial charge in [-0.1, -0.05) is 13.0 Å². The minimum atomic E-state index is 0.353. The van der Waals surface area contributed by atoms with Crippen molar-refractivity contribution in [2.75, 3.05) is 32.8 Å². The van der Waals surface area contributed by atoms with Crippen LogP contribution in [0.4, 0.5) is 0 Å². The van der Waals surface area contributed by atoms with Crippen molar-refractivity contribution in [1.82, 2.24) is 10.2 Å².